The van der Waals surface area contributed by atoms with Crippen LogP contribution in [0.1, 0.15) is 46.0 Å². The number of nitrogens with one attached hydrogen (secondary N) is 1. The van der Waals surface area contributed by atoms with Gasteiger partial charge in [-0.1, -0.05) is 0 Å². The first-order chi connectivity index (χ1) is 7.58. The van der Waals surface area contributed by atoms with E-state index in [4.69, 9.17) is 10.5 Å². The molecule has 1 amide bonds. The van der Waals surface area contributed by atoms with Gasteiger partial charge in [0, 0.05) is 18.7 Å². The second kappa shape index (κ2) is 6.86. The Balaban J connectivity index is 2.18. The van der Waals surface area contributed by atoms with Crippen molar-refractivity contribution in [1.82, 2.24) is 5.32 Å². The van der Waals surface area contributed by atoms with Gasteiger partial charge in [-0.3, -0.25) is 4.79 Å². The molecule has 4 nitrogen and oxygen atoms in total. The Morgan fingerprint density at radius 2 is 2.25 bits per heavy atom. The van der Waals surface area contributed by atoms with E-state index in [0.29, 0.717) is 6.42 Å². The summed E-state index contributed by atoms with van der Waals surface area (Å²) in [6, 6.07) is 0.275. The van der Waals surface area contributed by atoms with Gasteiger partial charge in [0.05, 0.1) is 12.5 Å². The smallest absolute Gasteiger partial charge is 0.222 e. The van der Waals surface area contributed by atoms with Crippen LogP contribution in [0.2, 0.25) is 0 Å². The van der Waals surface area contributed by atoms with E-state index in [0.717, 1.165) is 25.9 Å². The fraction of sp³-hybridized carbons (Fsp3) is 0.917. The molecule has 1 saturated heterocycles. The summed E-state index contributed by atoms with van der Waals surface area (Å²) >= 11 is 0. The van der Waals surface area contributed by atoms with Gasteiger partial charge in [-0.2, -0.15) is 0 Å². The third kappa shape index (κ3) is 5.47. The zero-order valence-corrected chi connectivity index (χ0v) is 10.4. The van der Waals surface area contributed by atoms with Gasteiger partial charge >= 0.3 is 0 Å². The molecular weight excluding hydrogens is 204 g/mol. The molecule has 0 aromatic heterocycles. The number of hydrogen-bond acceptors (Lipinski definition) is 3. The van der Waals surface area contributed by atoms with Crippen LogP contribution < -0.4 is 11.1 Å². The van der Waals surface area contributed by atoms with Gasteiger partial charge in [-0.05, 0) is 39.5 Å². The van der Waals surface area contributed by atoms with Crippen LogP contribution in [-0.4, -0.2) is 30.7 Å². The normalized spacial score (nSPS) is 24.8. The molecule has 1 heterocycles. The molecule has 1 aliphatic heterocycles. The molecular formula is C12H24N2O2. The molecule has 0 radical (unpaired) electrons. The topological polar surface area (TPSA) is 64.3 Å². The van der Waals surface area contributed by atoms with Gasteiger partial charge in [-0.15, -0.1) is 0 Å². The van der Waals surface area contributed by atoms with Gasteiger partial charge < -0.3 is 15.8 Å². The summed E-state index contributed by atoms with van der Waals surface area (Å²) in [6.07, 6.45) is 4.73. The van der Waals surface area contributed by atoms with Gasteiger partial charge in [0.1, 0.15) is 0 Å². The lowest BCUT2D eigenvalue weighted by Gasteiger charge is -2.23. The number of rotatable bonds is 5. The first-order valence-electron chi connectivity index (χ1n) is 6.24. The SMILES string of the molecule is CC(N)CC(C)NC(=O)CC1CCCCO1. The lowest BCUT2D eigenvalue weighted by molar-refractivity contribution is -0.125. The summed E-state index contributed by atoms with van der Waals surface area (Å²) in [6.45, 7) is 4.74. The number of amides is 1. The fourth-order valence-corrected chi connectivity index (χ4v) is 2.13. The summed E-state index contributed by atoms with van der Waals surface area (Å²) in [4.78, 5) is 11.7. The van der Waals surface area contributed by atoms with E-state index in [1.165, 1.54) is 6.42 Å². The van der Waals surface area contributed by atoms with Crippen LogP contribution in [0.3, 0.4) is 0 Å². The molecule has 0 saturated carbocycles. The maximum Gasteiger partial charge on any atom is 0.222 e. The highest BCUT2D eigenvalue weighted by Gasteiger charge is 2.18. The fourth-order valence-electron chi connectivity index (χ4n) is 2.13. The van der Waals surface area contributed by atoms with Crippen LogP contribution in [0.25, 0.3) is 0 Å². The second-order valence-electron chi connectivity index (χ2n) is 4.87. The van der Waals surface area contributed by atoms with Crippen molar-refractivity contribution in [2.45, 2.75) is 64.1 Å². The zero-order chi connectivity index (χ0) is 12.0. The van der Waals surface area contributed by atoms with E-state index < -0.39 is 0 Å². The molecule has 0 aliphatic carbocycles. The van der Waals surface area contributed by atoms with Crippen LogP contribution in [0.15, 0.2) is 0 Å². The average Bonchev–Trinajstić information content (AvgIpc) is 2.17. The largest absolute Gasteiger partial charge is 0.378 e. The van der Waals surface area contributed by atoms with Crippen LogP contribution in [0.4, 0.5) is 0 Å². The van der Waals surface area contributed by atoms with Gasteiger partial charge in [0.25, 0.3) is 0 Å². The van der Waals surface area contributed by atoms with Crippen molar-refractivity contribution in [3.05, 3.63) is 0 Å². The monoisotopic (exact) mass is 228 g/mol. The minimum absolute atomic E-state index is 0.0834. The summed E-state index contributed by atoms with van der Waals surface area (Å²) in [5.74, 6) is 0.0834. The van der Waals surface area contributed by atoms with E-state index in [2.05, 4.69) is 5.32 Å². The van der Waals surface area contributed by atoms with E-state index in [1.807, 2.05) is 13.8 Å². The predicted molar refractivity (Wildman–Crippen MR) is 64.1 cm³/mol. The van der Waals surface area contributed by atoms with E-state index in [1.54, 1.807) is 0 Å². The van der Waals surface area contributed by atoms with Crippen molar-refractivity contribution in [3.63, 3.8) is 0 Å². The second-order valence-corrected chi connectivity index (χ2v) is 4.87. The molecule has 0 aromatic carbocycles. The quantitative estimate of drug-likeness (QED) is 0.743. The highest BCUT2D eigenvalue weighted by molar-refractivity contribution is 5.76. The van der Waals surface area contributed by atoms with Crippen molar-refractivity contribution in [1.29, 1.82) is 0 Å². The van der Waals surface area contributed by atoms with E-state index >= 15 is 0 Å². The number of hydrogen-bond donors (Lipinski definition) is 2. The first-order valence-corrected chi connectivity index (χ1v) is 6.24. The summed E-state index contributed by atoms with van der Waals surface area (Å²) in [5.41, 5.74) is 5.68. The maximum atomic E-state index is 11.7. The number of carbonyl (C=O) groups is 1. The molecule has 3 unspecified atom stereocenters. The highest BCUT2D eigenvalue weighted by atomic mass is 16.5. The Hall–Kier alpha value is -0.610. The molecule has 3 atom stereocenters. The summed E-state index contributed by atoms with van der Waals surface area (Å²) in [5, 5.41) is 2.96. The van der Waals surface area contributed by atoms with Crippen molar-refractivity contribution in [3.8, 4) is 0 Å². The van der Waals surface area contributed by atoms with Crippen molar-refractivity contribution in [2.75, 3.05) is 6.61 Å². The standard InChI is InChI=1S/C12H24N2O2/c1-9(13)7-10(2)14-12(15)8-11-5-3-4-6-16-11/h9-11H,3-8,13H2,1-2H3,(H,14,15). The molecule has 3 N–H and O–H groups in total. The van der Waals surface area contributed by atoms with Crippen LogP contribution in [0, 0.1) is 0 Å². The predicted octanol–water partition coefficient (Wildman–Crippen LogP) is 1.19. The Labute approximate surface area is 97.9 Å². The molecule has 0 aromatic rings. The van der Waals surface area contributed by atoms with E-state index in [9.17, 15) is 4.79 Å². The summed E-state index contributed by atoms with van der Waals surface area (Å²) < 4.78 is 5.53. The molecule has 1 rings (SSSR count). The first kappa shape index (κ1) is 13.5. The third-order valence-electron chi connectivity index (χ3n) is 2.82. The molecule has 1 fully saturated rings. The van der Waals surface area contributed by atoms with Crippen molar-refractivity contribution < 1.29 is 9.53 Å². The zero-order valence-electron chi connectivity index (χ0n) is 10.4. The minimum Gasteiger partial charge on any atom is -0.378 e. The average molecular weight is 228 g/mol. The number of carbonyl (C=O) groups excluding carboxylic acids is 1. The van der Waals surface area contributed by atoms with Crippen molar-refractivity contribution >= 4 is 5.91 Å². The lowest BCUT2D eigenvalue weighted by atomic mass is 10.1. The lowest BCUT2D eigenvalue weighted by Crippen LogP contribution is -2.38. The van der Waals surface area contributed by atoms with Crippen molar-refractivity contribution in [2.24, 2.45) is 5.73 Å². The van der Waals surface area contributed by atoms with Crippen LogP contribution in [0.5, 0.6) is 0 Å². The van der Waals surface area contributed by atoms with Gasteiger partial charge in [-0.25, -0.2) is 0 Å². The number of ether oxygens (including phenoxy) is 1. The molecule has 4 heteroatoms. The molecule has 94 valence electrons. The maximum absolute atomic E-state index is 11.7. The summed E-state index contributed by atoms with van der Waals surface area (Å²) in [7, 11) is 0. The Bertz CT molecular complexity index is 213. The highest BCUT2D eigenvalue weighted by Crippen LogP contribution is 2.15. The Morgan fingerprint density at radius 3 is 2.81 bits per heavy atom. The van der Waals surface area contributed by atoms with Crippen LogP contribution in [-0.2, 0) is 9.53 Å². The molecule has 16 heavy (non-hydrogen) atoms. The van der Waals surface area contributed by atoms with Gasteiger partial charge in [0.2, 0.25) is 5.91 Å². The number of nitrogens with two attached hydrogens (primary N) is 1. The van der Waals surface area contributed by atoms with E-state index in [-0.39, 0.29) is 24.1 Å². The Morgan fingerprint density at radius 1 is 1.50 bits per heavy atom. The third-order valence-corrected chi connectivity index (χ3v) is 2.82. The Kier molecular flexibility index (Phi) is 5.77. The molecule has 1 aliphatic rings. The van der Waals surface area contributed by atoms with Crippen LogP contribution >= 0.6 is 0 Å². The molecule has 0 bridgehead atoms. The minimum atomic E-state index is 0.0834. The molecule has 0 spiro atoms. The van der Waals surface area contributed by atoms with Gasteiger partial charge in [0.15, 0.2) is 0 Å².